The first-order chi connectivity index (χ1) is 24.1. The first-order valence-corrected chi connectivity index (χ1v) is 20.0. The Bertz CT molecular complexity index is 1320. The van der Waals surface area contributed by atoms with E-state index in [0.29, 0.717) is 0 Å². The molecular formula is C44H64Br2N2O2. The van der Waals surface area contributed by atoms with Crippen LogP contribution in [-0.2, 0) is 45.1 Å². The second kappa shape index (κ2) is 31.4. The van der Waals surface area contributed by atoms with Gasteiger partial charge in [-0.1, -0.05) is 97.2 Å². The molecule has 0 unspecified atom stereocenters. The number of aliphatic hydroxyl groups is 2. The predicted octanol–water partition coefficient (Wildman–Crippen LogP) is 7.02. The molecule has 2 aromatic heterocycles. The van der Waals surface area contributed by atoms with E-state index in [4.69, 9.17) is 10.2 Å². The second-order valence-electron chi connectivity index (χ2n) is 12.9. The second-order valence-corrected chi connectivity index (χ2v) is 13.7. The lowest BCUT2D eigenvalue weighted by Crippen LogP contribution is -3.00. The summed E-state index contributed by atoms with van der Waals surface area (Å²) in [4.78, 5) is 3.96. The van der Waals surface area contributed by atoms with Gasteiger partial charge in [0.2, 0.25) is 0 Å². The third-order valence-corrected chi connectivity index (χ3v) is 9.11. The average molecular weight is 813 g/mol. The van der Waals surface area contributed by atoms with Crippen LogP contribution in [0.4, 0.5) is 0 Å². The van der Waals surface area contributed by atoms with Crippen LogP contribution in [0.25, 0.3) is 0 Å². The molecule has 276 valence electrons. The number of halogens is 2. The van der Waals surface area contributed by atoms with Gasteiger partial charge in [0.1, 0.15) is 6.54 Å². The minimum absolute atomic E-state index is 0. The van der Waals surface area contributed by atoms with Gasteiger partial charge in [-0.25, -0.2) is 4.57 Å². The smallest absolute Gasteiger partial charge is 0.171 e. The molecule has 0 amide bonds. The Morgan fingerprint density at radius 1 is 0.540 bits per heavy atom. The fraction of sp³-hybridized carbons (Fsp3) is 0.500. The Balaban J connectivity index is 0.000000410. The monoisotopic (exact) mass is 810 g/mol. The molecule has 4 aromatic rings. The highest BCUT2D eigenvalue weighted by Gasteiger charge is 2.04. The molecule has 0 spiro atoms. The summed E-state index contributed by atoms with van der Waals surface area (Å²) in [5.74, 6) is 0. The Labute approximate surface area is 323 Å². The van der Waals surface area contributed by atoms with Crippen LogP contribution >= 0.6 is 15.9 Å². The molecule has 4 nitrogen and oxygen atoms in total. The van der Waals surface area contributed by atoms with E-state index >= 15 is 0 Å². The van der Waals surface area contributed by atoms with E-state index in [9.17, 15) is 0 Å². The fourth-order valence-electron chi connectivity index (χ4n) is 5.53. The highest BCUT2D eigenvalue weighted by Crippen LogP contribution is 2.12. The van der Waals surface area contributed by atoms with Crippen LogP contribution in [0.1, 0.15) is 111 Å². The minimum atomic E-state index is 0. The summed E-state index contributed by atoms with van der Waals surface area (Å²) < 4.78 is 2.28. The number of hydrogen-bond acceptors (Lipinski definition) is 3. The summed E-state index contributed by atoms with van der Waals surface area (Å²) in [6.07, 6.45) is 26.5. The van der Waals surface area contributed by atoms with Crippen LogP contribution in [0.5, 0.6) is 0 Å². The number of unbranched alkanes of at least 4 members (excludes halogenated alkanes) is 4. The zero-order valence-electron chi connectivity index (χ0n) is 30.9. The summed E-state index contributed by atoms with van der Waals surface area (Å²) in [6.45, 7) is 6.09. The molecule has 0 saturated carbocycles. The summed E-state index contributed by atoms with van der Waals surface area (Å²) in [5, 5.41) is 18.6. The number of rotatable bonds is 21. The van der Waals surface area contributed by atoms with Gasteiger partial charge >= 0.3 is 0 Å². The highest BCUT2D eigenvalue weighted by molar-refractivity contribution is 9.09. The standard InChI is InChI=1S/C22H32NO.C14H21Br.C8H11NO.BrH/c1-2-3-8-20-12-14-21(15-13-20)9-4-5-16-23-17-6-10-22(19-23)11-7-18-24;1-2-3-6-13-8-10-14(11-9-13)7-4-5-12-15;10-6-2-4-8-3-1-5-9-7-8;/h6,10,12-15,17,19,24H,2-5,7-9,11,16,18H2,1H3;8-11H,2-7,12H2,1H3;1,3,5,7,10H,2,4,6H2;1H/q+1;;;/p-1. The lowest BCUT2D eigenvalue weighted by Gasteiger charge is -2.04. The van der Waals surface area contributed by atoms with Gasteiger partial charge in [0.15, 0.2) is 12.4 Å². The summed E-state index contributed by atoms with van der Waals surface area (Å²) >= 11 is 3.46. The number of pyridine rings is 2. The molecule has 0 fully saturated rings. The number of hydrogen-bond donors (Lipinski definition) is 2. The van der Waals surface area contributed by atoms with Gasteiger partial charge in [-0.3, -0.25) is 4.98 Å². The molecule has 0 atom stereocenters. The van der Waals surface area contributed by atoms with Gasteiger partial charge in [-0.15, -0.1) is 0 Å². The third-order valence-electron chi connectivity index (χ3n) is 8.55. The summed E-state index contributed by atoms with van der Waals surface area (Å²) in [7, 11) is 0. The highest BCUT2D eigenvalue weighted by atomic mass is 79.9. The van der Waals surface area contributed by atoms with Crippen molar-refractivity contribution in [2.45, 2.75) is 123 Å². The average Bonchev–Trinajstić information content (AvgIpc) is 3.15. The Hall–Kier alpha value is -2.38. The van der Waals surface area contributed by atoms with Crippen molar-refractivity contribution in [1.82, 2.24) is 4.98 Å². The molecule has 0 aliphatic carbocycles. The van der Waals surface area contributed by atoms with Crippen molar-refractivity contribution in [2.75, 3.05) is 18.5 Å². The van der Waals surface area contributed by atoms with Crippen molar-refractivity contribution in [3.05, 3.63) is 131 Å². The van der Waals surface area contributed by atoms with E-state index < -0.39 is 0 Å². The van der Waals surface area contributed by atoms with Crippen molar-refractivity contribution in [1.29, 1.82) is 0 Å². The summed E-state index contributed by atoms with van der Waals surface area (Å²) in [6, 6.07) is 26.5. The fourth-order valence-corrected chi connectivity index (χ4v) is 5.93. The van der Waals surface area contributed by atoms with Gasteiger partial charge < -0.3 is 27.2 Å². The number of aromatic nitrogens is 2. The largest absolute Gasteiger partial charge is 1.00 e. The Morgan fingerprint density at radius 3 is 1.46 bits per heavy atom. The van der Waals surface area contributed by atoms with Crippen LogP contribution in [0.2, 0.25) is 0 Å². The normalized spacial score (nSPS) is 10.3. The number of aliphatic hydroxyl groups excluding tert-OH is 2. The molecule has 50 heavy (non-hydrogen) atoms. The molecular weight excluding hydrogens is 748 g/mol. The van der Waals surface area contributed by atoms with E-state index in [1.807, 2.05) is 18.3 Å². The first-order valence-electron chi connectivity index (χ1n) is 18.9. The van der Waals surface area contributed by atoms with E-state index in [-0.39, 0.29) is 30.2 Å². The van der Waals surface area contributed by atoms with Crippen LogP contribution in [0.3, 0.4) is 0 Å². The van der Waals surface area contributed by atoms with E-state index in [2.05, 4.69) is 112 Å². The molecule has 0 aliphatic heterocycles. The lowest BCUT2D eigenvalue weighted by atomic mass is 10.0. The molecule has 2 aromatic carbocycles. The maximum atomic E-state index is 8.93. The minimum Gasteiger partial charge on any atom is -1.00 e. The number of benzene rings is 2. The molecule has 2 N–H and O–H groups in total. The van der Waals surface area contributed by atoms with Gasteiger partial charge in [-0.2, -0.15) is 0 Å². The molecule has 2 heterocycles. The van der Waals surface area contributed by atoms with Crippen molar-refractivity contribution in [3.63, 3.8) is 0 Å². The van der Waals surface area contributed by atoms with Crippen molar-refractivity contribution in [3.8, 4) is 0 Å². The maximum absolute atomic E-state index is 8.93. The van der Waals surface area contributed by atoms with Crippen LogP contribution < -0.4 is 21.5 Å². The van der Waals surface area contributed by atoms with Gasteiger partial charge in [-0.05, 0) is 123 Å². The third kappa shape index (κ3) is 22.4. The SMILES string of the molecule is CCCCc1ccc(CCCCBr)cc1.CCCCc1ccc(CCCC[n+]2cccc(CCCO)c2)cc1.OCCCc1cccnc1.[Br-]. The van der Waals surface area contributed by atoms with Gasteiger partial charge in [0.25, 0.3) is 0 Å². The zero-order chi connectivity index (χ0) is 35.2. The molecule has 0 bridgehead atoms. The number of nitrogens with zero attached hydrogens (tertiary/aromatic N) is 2. The Kier molecular flexibility index (Phi) is 28.6. The molecule has 4 rings (SSSR count). The Morgan fingerprint density at radius 2 is 1.00 bits per heavy atom. The molecule has 0 aliphatic rings. The topological polar surface area (TPSA) is 57.2 Å². The first kappa shape index (κ1) is 45.6. The molecule has 0 saturated heterocycles. The lowest BCUT2D eigenvalue weighted by molar-refractivity contribution is -0.697. The van der Waals surface area contributed by atoms with Gasteiger partial charge in [0.05, 0.1) is 0 Å². The van der Waals surface area contributed by atoms with E-state index in [1.165, 1.54) is 110 Å². The van der Waals surface area contributed by atoms with E-state index in [0.717, 1.165) is 37.6 Å². The van der Waals surface area contributed by atoms with Crippen molar-refractivity contribution < 1.29 is 31.8 Å². The van der Waals surface area contributed by atoms with E-state index in [1.54, 1.807) is 6.20 Å². The quantitative estimate of drug-likeness (QED) is 0.0541. The summed E-state index contributed by atoms with van der Waals surface area (Å²) in [5.41, 5.74) is 8.40. The zero-order valence-corrected chi connectivity index (χ0v) is 34.1. The number of aryl methyl sites for hydroxylation is 7. The maximum Gasteiger partial charge on any atom is 0.171 e. The van der Waals surface area contributed by atoms with Crippen LogP contribution in [-0.4, -0.2) is 33.7 Å². The van der Waals surface area contributed by atoms with Crippen molar-refractivity contribution >= 4 is 15.9 Å². The molecule has 6 heteroatoms. The van der Waals surface area contributed by atoms with Crippen molar-refractivity contribution in [2.24, 2.45) is 0 Å². The predicted molar refractivity (Wildman–Crippen MR) is 211 cm³/mol. The van der Waals surface area contributed by atoms with Crippen LogP contribution in [0.15, 0.2) is 97.6 Å². The number of alkyl halides is 1. The van der Waals surface area contributed by atoms with Gasteiger partial charge in [0, 0.05) is 49.0 Å². The van der Waals surface area contributed by atoms with Crippen LogP contribution in [0, 0.1) is 0 Å². The molecule has 0 radical (unpaired) electrons.